The van der Waals surface area contributed by atoms with E-state index in [1.54, 1.807) is 0 Å². The summed E-state index contributed by atoms with van der Waals surface area (Å²) in [5, 5.41) is 2.90. The van der Waals surface area contributed by atoms with Crippen LogP contribution in [0.25, 0.3) is 0 Å². The van der Waals surface area contributed by atoms with E-state index in [2.05, 4.69) is 5.32 Å². The Hall–Kier alpha value is -0.180. The summed E-state index contributed by atoms with van der Waals surface area (Å²) in [5.41, 5.74) is 0. The lowest BCUT2D eigenvalue weighted by Gasteiger charge is -2.28. The highest BCUT2D eigenvalue weighted by Gasteiger charge is 2.20. The van der Waals surface area contributed by atoms with Crippen molar-refractivity contribution in [1.29, 1.82) is 0 Å². The Labute approximate surface area is 78.9 Å². The molecule has 1 aliphatic rings. The topological polar surface area (TPSA) is 12.0 Å². The van der Waals surface area contributed by atoms with Crippen LogP contribution in [0.3, 0.4) is 0 Å². The van der Waals surface area contributed by atoms with E-state index in [0.29, 0.717) is 5.92 Å². The van der Waals surface area contributed by atoms with Crippen molar-refractivity contribution >= 4 is 0 Å². The first kappa shape index (κ1) is 10.9. The molecule has 0 spiro atoms. The van der Waals surface area contributed by atoms with Crippen molar-refractivity contribution in [3.8, 4) is 0 Å². The van der Waals surface area contributed by atoms with E-state index in [4.69, 9.17) is 0 Å². The van der Waals surface area contributed by atoms with Gasteiger partial charge >= 0.3 is 0 Å². The molecule has 0 aliphatic heterocycles. The lowest BCUT2D eigenvalue weighted by atomic mass is 9.84. The van der Waals surface area contributed by atoms with Gasteiger partial charge in [0.15, 0.2) is 0 Å². The molecule has 1 rings (SSSR count). The Kier molecular flexibility index (Phi) is 4.64. The average Bonchev–Trinajstić information content (AvgIpc) is 2.15. The Morgan fingerprint density at radius 2 is 1.85 bits per heavy atom. The summed E-state index contributed by atoms with van der Waals surface area (Å²) in [7, 11) is 0. The first-order valence-electron chi connectivity index (χ1n) is 5.21. The van der Waals surface area contributed by atoms with Crippen LogP contribution in [0.2, 0.25) is 0 Å². The molecule has 1 N–H and O–H groups in total. The summed E-state index contributed by atoms with van der Waals surface area (Å²) in [5.74, 6) is 0.618. The fourth-order valence-electron chi connectivity index (χ4n) is 2.08. The van der Waals surface area contributed by atoms with Gasteiger partial charge in [-0.15, -0.1) is 0 Å². The molecule has 0 aromatic heterocycles. The summed E-state index contributed by atoms with van der Waals surface area (Å²) in [6.07, 6.45) is 4.05. The molecule has 13 heavy (non-hydrogen) atoms. The molecule has 1 aliphatic carbocycles. The third-order valence-corrected chi connectivity index (χ3v) is 2.95. The van der Waals surface area contributed by atoms with Crippen molar-refractivity contribution in [3.63, 3.8) is 0 Å². The minimum atomic E-state index is -2.22. The van der Waals surface area contributed by atoms with Crippen LogP contribution in [0.15, 0.2) is 0 Å². The number of halogens is 2. The Bertz CT molecular complexity index is 133. The van der Waals surface area contributed by atoms with E-state index in [0.717, 1.165) is 0 Å². The van der Waals surface area contributed by atoms with Gasteiger partial charge in [0.1, 0.15) is 0 Å². The van der Waals surface area contributed by atoms with Crippen molar-refractivity contribution in [2.24, 2.45) is 5.92 Å². The monoisotopic (exact) mass is 191 g/mol. The number of rotatable bonds is 4. The normalized spacial score (nSPS) is 22.2. The van der Waals surface area contributed by atoms with Crippen molar-refractivity contribution in [1.82, 2.24) is 5.32 Å². The molecule has 0 radical (unpaired) electrons. The lowest BCUT2D eigenvalue weighted by molar-refractivity contribution is 0.134. The second kappa shape index (κ2) is 5.53. The van der Waals surface area contributed by atoms with Gasteiger partial charge in [0.25, 0.3) is 6.43 Å². The van der Waals surface area contributed by atoms with E-state index in [9.17, 15) is 8.78 Å². The second-order valence-corrected chi connectivity index (χ2v) is 3.99. The first-order chi connectivity index (χ1) is 6.20. The maximum Gasteiger partial charge on any atom is 0.250 e. The Morgan fingerprint density at radius 3 is 2.38 bits per heavy atom. The van der Waals surface area contributed by atoms with Gasteiger partial charge in [-0.05, 0) is 25.7 Å². The number of hydrogen-bond acceptors (Lipinski definition) is 1. The third-order valence-electron chi connectivity index (χ3n) is 2.95. The van der Waals surface area contributed by atoms with Gasteiger partial charge in [-0.25, -0.2) is 8.78 Å². The van der Waals surface area contributed by atoms with Crippen molar-refractivity contribution in [2.45, 2.75) is 51.5 Å². The molecule has 0 heterocycles. The molecule has 0 amide bonds. The van der Waals surface area contributed by atoms with Gasteiger partial charge in [0.2, 0.25) is 0 Å². The standard InChI is InChI=1S/C10H19F2N/c1-8(13-7-10(11)12)9-5-3-2-4-6-9/h8-10,13H,2-7H2,1H3. The first-order valence-corrected chi connectivity index (χ1v) is 5.21. The number of alkyl halides is 2. The SMILES string of the molecule is CC(NCC(F)F)C1CCCCC1. The molecule has 1 fully saturated rings. The lowest BCUT2D eigenvalue weighted by Crippen LogP contribution is -2.37. The van der Waals surface area contributed by atoms with Crippen LogP contribution in [0.4, 0.5) is 8.78 Å². The zero-order valence-corrected chi connectivity index (χ0v) is 8.23. The van der Waals surface area contributed by atoms with Crippen molar-refractivity contribution in [2.75, 3.05) is 6.54 Å². The van der Waals surface area contributed by atoms with E-state index in [1.165, 1.54) is 32.1 Å². The highest BCUT2D eigenvalue weighted by molar-refractivity contribution is 4.75. The smallest absolute Gasteiger partial charge is 0.250 e. The largest absolute Gasteiger partial charge is 0.309 e. The summed E-state index contributed by atoms with van der Waals surface area (Å²) in [6.45, 7) is 1.87. The maximum atomic E-state index is 11.9. The second-order valence-electron chi connectivity index (χ2n) is 3.99. The third kappa shape index (κ3) is 4.03. The molecule has 1 saturated carbocycles. The van der Waals surface area contributed by atoms with E-state index < -0.39 is 6.43 Å². The number of nitrogens with one attached hydrogen (secondary N) is 1. The minimum absolute atomic E-state index is 0.155. The molecule has 0 saturated heterocycles. The molecular weight excluding hydrogens is 172 g/mol. The van der Waals surface area contributed by atoms with Crippen LogP contribution in [0, 0.1) is 5.92 Å². The van der Waals surface area contributed by atoms with Gasteiger partial charge in [-0.2, -0.15) is 0 Å². The minimum Gasteiger partial charge on any atom is -0.309 e. The predicted molar refractivity (Wildman–Crippen MR) is 50.0 cm³/mol. The Morgan fingerprint density at radius 1 is 1.23 bits per heavy atom. The average molecular weight is 191 g/mol. The summed E-state index contributed by atoms with van der Waals surface area (Å²) >= 11 is 0. The number of hydrogen-bond donors (Lipinski definition) is 1. The molecule has 1 unspecified atom stereocenters. The highest BCUT2D eigenvalue weighted by atomic mass is 19.3. The van der Waals surface area contributed by atoms with Gasteiger partial charge in [0, 0.05) is 6.04 Å². The quantitative estimate of drug-likeness (QED) is 0.720. The molecule has 0 bridgehead atoms. The molecule has 0 aromatic rings. The molecular formula is C10H19F2N. The van der Waals surface area contributed by atoms with Gasteiger partial charge in [-0.3, -0.25) is 0 Å². The van der Waals surface area contributed by atoms with Crippen LogP contribution in [0.5, 0.6) is 0 Å². The van der Waals surface area contributed by atoms with E-state index in [1.807, 2.05) is 6.92 Å². The zero-order valence-electron chi connectivity index (χ0n) is 8.23. The van der Waals surface area contributed by atoms with Crippen LogP contribution in [-0.2, 0) is 0 Å². The highest BCUT2D eigenvalue weighted by Crippen LogP contribution is 2.26. The van der Waals surface area contributed by atoms with Crippen LogP contribution < -0.4 is 5.32 Å². The molecule has 0 aromatic carbocycles. The van der Waals surface area contributed by atoms with Crippen LogP contribution in [-0.4, -0.2) is 19.0 Å². The van der Waals surface area contributed by atoms with Gasteiger partial charge in [-0.1, -0.05) is 19.3 Å². The van der Waals surface area contributed by atoms with Crippen LogP contribution >= 0.6 is 0 Å². The van der Waals surface area contributed by atoms with E-state index >= 15 is 0 Å². The Balaban J connectivity index is 2.17. The predicted octanol–water partition coefficient (Wildman–Crippen LogP) is 2.81. The summed E-state index contributed by atoms with van der Waals surface area (Å²) in [6, 6.07) is 0.259. The fourth-order valence-corrected chi connectivity index (χ4v) is 2.08. The fraction of sp³-hybridized carbons (Fsp3) is 1.00. The summed E-state index contributed by atoms with van der Waals surface area (Å²) < 4.78 is 23.8. The van der Waals surface area contributed by atoms with Crippen molar-refractivity contribution in [3.05, 3.63) is 0 Å². The molecule has 3 heteroatoms. The van der Waals surface area contributed by atoms with Crippen LogP contribution in [0.1, 0.15) is 39.0 Å². The molecule has 1 atom stereocenters. The molecule has 78 valence electrons. The summed E-state index contributed by atoms with van der Waals surface area (Å²) in [4.78, 5) is 0. The molecule has 1 nitrogen and oxygen atoms in total. The van der Waals surface area contributed by atoms with E-state index in [-0.39, 0.29) is 12.6 Å². The zero-order chi connectivity index (χ0) is 9.68. The van der Waals surface area contributed by atoms with Gasteiger partial charge < -0.3 is 5.32 Å². The van der Waals surface area contributed by atoms with Crippen molar-refractivity contribution < 1.29 is 8.78 Å². The van der Waals surface area contributed by atoms with Gasteiger partial charge in [0.05, 0.1) is 6.54 Å². The maximum absolute atomic E-state index is 11.9.